The maximum atomic E-state index is 13.2. The van der Waals surface area contributed by atoms with Crippen LogP contribution in [0.5, 0.6) is 5.75 Å². The van der Waals surface area contributed by atoms with Gasteiger partial charge in [-0.05, 0) is 42.0 Å². The van der Waals surface area contributed by atoms with E-state index in [1.165, 1.54) is 4.90 Å². The lowest BCUT2D eigenvalue weighted by atomic mass is 10.1. The van der Waals surface area contributed by atoms with Crippen LogP contribution >= 0.6 is 0 Å². The van der Waals surface area contributed by atoms with Gasteiger partial charge in [0.15, 0.2) is 17.5 Å². The number of amides is 1. The van der Waals surface area contributed by atoms with E-state index in [-0.39, 0.29) is 31.0 Å². The molecule has 0 bridgehead atoms. The molecule has 1 atom stereocenters. The third-order valence-electron chi connectivity index (χ3n) is 4.07. The van der Waals surface area contributed by atoms with Crippen LogP contribution in [0.4, 0.5) is 18.9 Å². The van der Waals surface area contributed by atoms with Crippen LogP contribution in [0.2, 0.25) is 0 Å². The smallest absolute Gasteiger partial charge is 0.308 e. The summed E-state index contributed by atoms with van der Waals surface area (Å²) in [5, 5.41) is 9.00. The van der Waals surface area contributed by atoms with Crippen molar-refractivity contribution >= 4 is 17.6 Å². The molecule has 1 unspecified atom stereocenters. The highest BCUT2D eigenvalue weighted by Gasteiger charge is 2.34. The van der Waals surface area contributed by atoms with Crippen LogP contribution in [0.1, 0.15) is 12.0 Å². The first-order valence-corrected chi connectivity index (χ1v) is 7.74. The number of carbonyl (C=O) groups is 2. The number of carbonyl (C=O) groups excluding carboxylic acids is 1. The zero-order chi connectivity index (χ0) is 18.8. The van der Waals surface area contributed by atoms with Crippen molar-refractivity contribution < 1.29 is 32.6 Å². The number of halogens is 3. The number of aliphatic carboxylic acids is 1. The Balaban J connectivity index is 1.65. The van der Waals surface area contributed by atoms with E-state index in [4.69, 9.17) is 9.84 Å². The summed E-state index contributed by atoms with van der Waals surface area (Å²) in [6, 6.07) is 7.97. The predicted octanol–water partition coefficient (Wildman–Crippen LogP) is 3.12. The van der Waals surface area contributed by atoms with Crippen LogP contribution in [0.25, 0.3) is 0 Å². The largest absolute Gasteiger partial charge is 0.489 e. The maximum absolute atomic E-state index is 13.2. The molecule has 2 aromatic carbocycles. The minimum atomic E-state index is -1.53. The second-order valence-corrected chi connectivity index (χ2v) is 5.90. The van der Waals surface area contributed by atoms with Crippen molar-refractivity contribution in [2.24, 2.45) is 5.92 Å². The van der Waals surface area contributed by atoms with Crippen LogP contribution < -0.4 is 9.64 Å². The highest BCUT2D eigenvalue weighted by Crippen LogP contribution is 2.27. The minimum Gasteiger partial charge on any atom is -0.489 e. The molecule has 0 radical (unpaired) electrons. The summed E-state index contributed by atoms with van der Waals surface area (Å²) in [6.07, 6.45) is -0.0463. The van der Waals surface area contributed by atoms with E-state index in [1.54, 1.807) is 24.3 Å². The zero-order valence-electron chi connectivity index (χ0n) is 13.4. The number of anilines is 1. The third kappa shape index (κ3) is 3.63. The van der Waals surface area contributed by atoms with E-state index in [0.717, 1.165) is 12.1 Å². The molecule has 1 aliphatic rings. The SMILES string of the molecule is O=C(O)C1CC(=O)N(c2ccc(OCc3cc(F)c(F)c(F)c3)cc2)C1. The molecule has 0 aliphatic carbocycles. The second kappa shape index (κ2) is 7.07. The summed E-state index contributed by atoms with van der Waals surface area (Å²) < 4.78 is 44.6. The van der Waals surface area contributed by atoms with Gasteiger partial charge in [-0.1, -0.05) is 0 Å². The van der Waals surface area contributed by atoms with Gasteiger partial charge in [-0.25, -0.2) is 13.2 Å². The Kier molecular flexibility index (Phi) is 4.83. The van der Waals surface area contributed by atoms with Crippen molar-refractivity contribution in [3.63, 3.8) is 0 Å². The number of ether oxygens (including phenoxy) is 1. The molecule has 8 heteroatoms. The topological polar surface area (TPSA) is 66.8 Å². The van der Waals surface area contributed by atoms with Gasteiger partial charge in [0.1, 0.15) is 12.4 Å². The summed E-state index contributed by atoms with van der Waals surface area (Å²) in [7, 11) is 0. The van der Waals surface area contributed by atoms with E-state index < -0.39 is 29.3 Å². The number of rotatable bonds is 5. The molecular weight excluding hydrogens is 351 g/mol. The maximum Gasteiger partial charge on any atom is 0.308 e. The van der Waals surface area contributed by atoms with Gasteiger partial charge in [0, 0.05) is 18.7 Å². The standard InChI is InChI=1S/C18H14F3NO4/c19-14-5-10(6-15(20)17(14)21)9-26-13-3-1-12(2-4-13)22-8-11(18(24)25)7-16(22)23/h1-6,11H,7-9H2,(H,24,25). The molecule has 26 heavy (non-hydrogen) atoms. The normalized spacial score (nSPS) is 16.8. The second-order valence-electron chi connectivity index (χ2n) is 5.90. The van der Waals surface area contributed by atoms with Gasteiger partial charge in [-0.15, -0.1) is 0 Å². The highest BCUT2D eigenvalue weighted by atomic mass is 19.2. The minimum absolute atomic E-state index is 0.0463. The summed E-state index contributed by atoms with van der Waals surface area (Å²) in [4.78, 5) is 24.3. The molecule has 0 saturated carbocycles. The van der Waals surface area contributed by atoms with E-state index in [2.05, 4.69) is 0 Å². The van der Waals surface area contributed by atoms with E-state index in [1.807, 2.05) is 0 Å². The molecule has 1 aliphatic heterocycles. The Morgan fingerprint density at radius 3 is 2.31 bits per heavy atom. The van der Waals surface area contributed by atoms with E-state index in [0.29, 0.717) is 11.4 Å². The lowest BCUT2D eigenvalue weighted by molar-refractivity contribution is -0.141. The number of hydrogen-bond acceptors (Lipinski definition) is 3. The fraction of sp³-hybridized carbons (Fsp3) is 0.222. The van der Waals surface area contributed by atoms with Crippen LogP contribution in [-0.2, 0) is 16.2 Å². The van der Waals surface area contributed by atoms with Gasteiger partial charge in [-0.3, -0.25) is 9.59 Å². The quantitative estimate of drug-likeness (QED) is 0.827. The van der Waals surface area contributed by atoms with Crippen molar-refractivity contribution in [1.29, 1.82) is 0 Å². The van der Waals surface area contributed by atoms with Crippen molar-refractivity contribution in [2.75, 3.05) is 11.4 Å². The first-order chi connectivity index (χ1) is 12.3. The van der Waals surface area contributed by atoms with Crippen LogP contribution in [-0.4, -0.2) is 23.5 Å². The molecular formula is C18H14F3NO4. The number of nitrogens with zero attached hydrogens (tertiary/aromatic N) is 1. The monoisotopic (exact) mass is 365 g/mol. The molecule has 1 N–H and O–H groups in total. The Labute approximate surface area is 146 Å². The van der Waals surface area contributed by atoms with Crippen molar-refractivity contribution in [2.45, 2.75) is 13.0 Å². The van der Waals surface area contributed by atoms with Gasteiger partial charge in [-0.2, -0.15) is 0 Å². The third-order valence-corrected chi connectivity index (χ3v) is 4.07. The fourth-order valence-corrected chi connectivity index (χ4v) is 2.70. The molecule has 1 heterocycles. The molecule has 1 fully saturated rings. The number of carboxylic acid groups (broad SMARTS) is 1. The Morgan fingerprint density at radius 1 is 1.15 bits per heavy atom. The summed E-state index contributed by atoms with van der Waals surface area (Å²) in [5.41, 5.74) is 0.662. The number of carboxylic acids is 1. The molecule has 1 amide bonds. The summed E-state index contributed by atoms with van der Waals surface area (Å²) >= 11 is 0. The van der Waals surface area contributed by atoms with Crippen molar-refractivity contribution in [1.82, 2.24) is 0 Å². The van der Waals surface area contributed by atoms with Crippen LogP contribution in [0.15, 0.2) is 36.4 Å². The van der Waals surface area contributed by atoms with Crippen molar-refractivity contribution in [3.8, 4) is 5.75 Å². The Bertz CT molecular complexity index is 831. The molecule has 0 spiro atoms. The molecule has 0 aromatic heterocycles. The van der Waals surface area contributed by atoms with E-state index >= 15 is 0 Å². The first-order valence-electron chi connectivity index (χ1n) is 7.74. The Morgan fingerprint density at radius 2 is 1.77 bits per heavy atom. The fourth-order valence-electron chi connectivity index (χ4n) is 2.70. The molecule has 2 aromatic rings. The summed E-state index contributed by atoms with van der Waals surface area (Å²) in [6.45, 7) is -0.0697. The van der Waals surface area contributed by atoms with Gasteiger partial charge >= 0.3 is 5.97 Å². The van der Waals surface area contributed by atoms with Gasteiger partial charge < -0.3 is 14.7 Å². The molecule has 136 valence electrons. The van der Waals surface area contributed by atoms with Crippen molar-refractivity contribution in [3.05, 3.63) is 59.4 Å². The van der Waals surface area contributed by atoms with Crippen LogP contribution in [0, 0.1) is 23.4 Å². The predicted molar refractivity (Wildman–Crippen MR) is 85.2 cm³/mol. The number of benzene rings is 2. The van der Waals surface area contributed by atoms with Crippen LogP contribution in [0.3, 0.4) is 0 Å². The molecule has 1 saturated heterocycles. The molecule has 5 nitrogen and oxygen atoms in total. The number of hydrogen-bond donors (Lipinski definition) is 1. The Hall–Kier alpha value is -3.03. The first kappa shape index (κ1) is 17.8. The average Bonchev–Trinajstić information content (AvgIpc) is 3.00. The van der Waals surface area contributed by atoms with Gasteiger partial charge in [0.05, 0.1) is 5.92 Å². The van der Waals surface area contributed by atoms with E-state index in [9.17, 15) is 22.8 Å². The van der Waals surface area contributed by atoms with Gasteiger partial charge in [0.25, 0.3) is 0 Å². The zero-order valence-corrected chi connectivity index (χ0v) is 13.4. The highest BCUT2D eigenvalue weighted by molar-refractivity contribution is 5.99. The lowest BCUT2D eigenvalue weighted by Crippen LogP contribution is -2.25. The average molecular weight is 365 g/mol. The summed E-state index contributed by atoms with van der Waals surface area (Å²) in [5.74, 6) is -5.77. The lowest BCUT2D eigenvalue weighted by Gasteiger charge is -2.16. The molecule has 3 rings (SSSR count). The van der Waals surface area contributed by atoms with Gasteiger partial charge in [0.2, 0.25) is 5.91 Å².